The lowest BCUT2D eigenvalue weighted by Gasteiger charge is -2.26. The number of benzene rings is 1. The predicted octanol–water partition coefficient (Wildman–Crippen LogP) is 3.86. The number of carbonyl (C=O) groups excluding carboxylic acids is 1. The van der Waals surface area contributed by atoms with Crippen LogP contribution in [0, 0.1) is 6.92 Å². The summed E-state index contributed by atoms with van der Waals surface area (Å²) in [5.41, 5.74) is 0.395. The minimum Gasteiger partial charge on any atom is -0.444 e. The minimum absolute atomic E-state index is 0. The van der Waals surface area contributed by atoms with E-state index in [1.165, 1.54) is 0 Å². The summed E-state index contributed by atoms with van der Waals surface area (Å²) in [6.45, 7) is 11.4. The predicted molar refractivity (Wildman–Crippen MR) is 140 cm³/mol. The van der Waals surface area contributed by atoms with Crippen LogP contribution in [-0.2, 0) is 11.3 Å². The number of alkyl carbamates (subject to hydrolysis) is 1. The molecule has 182 valence electrons. The molecule has 2 aromatic rings. The van der Waals surface area contributed by atoms with Gasteiger partial charge in [-0.25, -0.2) is 14.5 Å². The molecule has 10 heteroatoms. The van der Waals surface area contributed by atoms with Crippen LogP contribution in [-0.4, -0.2) is 45.5 Å². The number of hydrogen-bond acceptors (Lipinski definition) is 5. The zero-order valence-electron chi connectivity index (χ0n) is 20.1. The Hall–Kier alpha value is -2.37. The summed E-state index contributed by atoms with van der Waals surface area (Å²) < 4.78 is 7.43. The molecule has 3 N–H and O–H groups in total. The monoisotopic (exact) mass is 569 g/mol. The molecule has 0 aliphatic carbocycles. The second-order valence-electron chi connectivity index (χ2n) is 8.91. The van der Waals surface area contributed by atoms with Gasteiger partial charge in [0.2, 0.25) is 0 Å². The Bertz CT molecular complexity index is 925. The Labute approximate surface area is 213 Å². The van der Waals surface area contributed by atoms with Crippen molar-refractivity contribution >= 4 is 36.0 Å². The van der Waals surface area contributed by atoms with E-state index < -0.39 is 11.7 Å². The summed E-state index contributed by atoms with van der Waals surface area (Å²) in [6, 6.07) is 9.52. The molecule has 0 saturated heterocycles. The number of ether oxygens (including phenoxy) is 1. The molecule has 1 amide bonds. The summed E-state index contributed by atoms with van der Waals surface area (Å²) in [5.74, 6) is 2.39. The van der Waals surface area contributed by atoms with Crippen LogP contribution in [0.3, 0.4) is 0 Å². The number of amides is 1. The molecule has 1 aromatic heterocycles. The second kappa shape index (κ2) is 12.2. The highest BCUT2D eigenvalue weighted by Gasteiger charge is 2.25. The maximum Gasteiger partial charge on any atom is 0.408 e. The SMILES string of the molecule is CCNC(=NCC(NC(=O)OC(C)(C)C)c1ccccc1)NC1CCCn2nc(C)nc21.I. The molecule has 0 saturated carbocycles. The fourth-order valence-electron chi connectivity index (χ4n) is 3.64. The normalized spacial score (nSPS) is 16.8. The van der Waals surface area contributed by atoms with Crippen molar-refractivity contribution in [3.63, 3.8) is 0 Å². The first kappa shape index (κ1) is 26.9. The number of nitrogens with zero attached hydrogens (tertiary/aromatic N) is 4. The Morgan fingerprint density at radius 2 is 2.03 bits per heavy atom. The van der Waals surface area contributed by atoms with Crippen LogP contribution in [0.4, 0.5) is 4.79 Å². The van der Waals surface area contributed by atoms with Gasteiger partial charge >= 0.3 is 6.09 Å². The van der Waals surface area contributed by atoms with Crippen LogP contribution in [0.2, 0.25) is 0 Å². The molecule has 33 heavy (non-hydrogen) atoms. The van der Waals surface area contributed by atoms with E-state index in [-0.39, 0.29) is 36.1 Å². The Balaban J connectivity index is 0.00000385. The number of aliphatic imine (C=N–C) groups is 1. The van der Waals surface area contributed by atoms with Crippen LogP contribution in [0.1, 0.15) is 69.8 Å². The van der Waals surface area contributed by atoms with E-state index in [0.717, 1.165) is 43.1 Å². The van der Waals surface area contributed by atoms with E-state index in [1.807, 2.05) is 69.6 Å². The fraction of sp³-hybridized carbons (Fsp3) is 0.565. The second-order valence-corrected chi connectivity index (χ2v) is 8.91. The van der Waals surface area contributed by atoms with Crippen molar-refractivity contribution in [2.24, 2.45) is 4.99 Å². The van der Waals surface area contributed by atoms with E-state index in [9.17, 15) is 4.79 Å². The number of halogens is 1. The third-order valence-corrected chi connectivity index (χ3v) is 4.96. The lowest BCUT2D eigenvalue weighted by molar-refractivity contribution is 0.0505. The number of guanidine groups is 1. The highest BCUT2D eigenvalue weighted by Crippen LogP contribution is 2.23. The third-order valence-electron chi connectivity index (χ3n) is 4.96. The van der Waals surface area contributed by atoms with Gasteiger partial charge in [0.25, 0.3) is 0 Å². The molecule has 0 bridgehead atoms. The topological polar surface area (TPSA) is 105 Å². The van der Waals surface area contributed by atoms with Crippen molar-refractivity contribution in [3.8, 4) is 0 Å². The van der Waals surface area contributed by atoms with E-state index in [1.54, 1.807) is 0 Å². The van der Waals surface area contributed by atoms with Crippen LogP contribution >= 0.6 is 24.0 Å². The first-order valence-electron chi connectivity index (χ1n) is 11.3. The minimum atomic E-state index is -0.569. The molecule has 2 heterocycles. The van der Waals surface area contributed by atoms with Gasteiger partial charge in [-0.15, -0.1) is 24.0 Å². The molecule has 1 aliphatic rings. The number of aromatic nitrogens is 3. The molecule has 2 atom stereocenters. The van der Waals surface area contributed by atoms with Crippen LogP contribution in [0.15, 0.2) is 35.3 Å². The summed E-state index contributed by atoms with van der Waals surface area (Å²) in [6.07, 6.45) is 1.52. The number of aryl methyl sites for hydroxylation is 2. The zero-order chi connectivity index (χ0) is 23.1. The van der Waals surface area contributed by atoms with Gasteiger partial charge in [-0.1, -0.05) is 30.3 Å². The van der Waals surface area contributed by atoms with Gasteiger partial charge in [0.05, 0.1) is 18.6 Å². The summed E-state index contributed by atoms with van der Waals surface area (Å²) >= 11 is 0. The quantitative estimate of drug-likeness (QED) is 0.277. The van der Waals surface area contributed by atoms with Crippen molar-refractivity contribution in [1.82, 2.24) is 30.7 Å². The molecular weight excluding hydrogens is 533 g/mol. The zero-order valence-corrected chi connectivity index (χ0v) is 22.4. The van der Waals surface area contributed by atoms with E-state index in [0.29, 0.717) is 12.5 Å². The lowest BCUT2D eigenvalue weighted by Crippen LogP contribution is -2.42. The molecule has 9 nitrogen and oxygen atoms in total. The van der Waals surface area contributed by atoms with Gasteiger partial charge in [0, 0.05) is 13.1 Å². The maximum atomic E-state index is 12.4. The Morgan fingerprint density at radius 3 is 2.70 bits per heavy atom. The van der Waals surface area contributed by atoms with Gasteiger partial charge in [0.15, 0.2) is 5.96 Å². The molecule has 1 aliphatic heterocycles. The fourth-order valence-corrected chi connectivity index (χ4v) is 3.64. The number of hydrogen-bond donors (Lipinski definition) is 3. The van der Waals surface area contributed by atoms with Crippen molar-refractivity contribution in [2.75, 3.05) is 13.1 Å². The molecule has 2 unspecified atom stereocenters. The Morgan fingerprint density at radius 1 is 1.30 bits per heavy atom. The summed E-state index contributed by atoms with van der Waals surface area (Å²) in [4.78, 5) is 21.8. The van der Waals surface area contributed by atoms with E-state index in [2.05, 4.69) is 26.0 Å². The molecule has 0 radical (unpaired) electrons. The van der Waals surface area contributed by atoms with Crippen LogP contribution in [0.5, 0.6) is 0 Å². The van der Waals surface area contributed by atoms with Crippen molar-refractivity contribution < 1.29 is 9.53 Å². The van der Waals surface area contributed by atoms with Crippen molar-refractivity contribution in [3.05, 3.63) is 47.5 Å². The van der Waals surface area contributed by atoms with E-state index >= 15 is 0 Å². The van der Waals surface area contributed by atoms with Gasteiger partial charge < -0.3 is 20.7 Å². The van der Waals surface area contributed by atoms with Crippen molar-refractivity contribution in [1.29, 1.82) is 0 Å². The smallest absolute Gasteiger partial charge is 0.408 e. The molecule has 3 rings (SSSR count). The molecule has 1 aromatic carbocycles. The molecule has 0 fully saturated rings. The number of carbonyl (C=O) groups is 1. The number of rotatable bonds is 6. The maximum absolute atomic E-state index is 12.4. The summed E-state index contributed by atoms with van der Waals surface area (Å²) in [7, 11) is 0. The molecular formula is C23H36IN7O2. The largest absolute Gasteiger partial charge is 0.444 e. The van der Waals surface area contributed by atoms with Gasteiger partial charge in [-0.2, -0.15) is 5.10 Å². The molecule has 0 spiro atoms. The first-order chi connectivity index (χ1) is 15.2. The first-order valence-corrected chi connectivity index (χ1v) is 11.3. The standard InChI is InChI=1S/C23H35N7O2.HI/c1-6-24-21(27-18-13-10-14-30-20(18)26-16(2)29-30)25-15-19(17-11-8-7-9-12-17)28-22(31)32-23(3,4)5;/h7-9,11-12,18-19H,6,10,13-15H2,1-5H3,(H,28,31)(H2,24,25,27);1H. The average molecular weight is 569 g/mol. The van der Waals surface area contributed by atoms with Crippen molar-refractivity contribution in [2.45, 2.75) is 71.7 Å². The number of fused-ring (bicyclic) bond motifs is 1. The van der Waals surface area contributed by atoms with Gasteiger partial charge in [0.1, 0.15) is 17.2 Å². The van der Waals surface area contributed by atoms with Gasteiger partial charge in [-0.3, -0.25) is 4.99 Å². The summed E-state index contributed by atoms with van der Waals surface area (Å²) in [5, 5.41) is 14.2. The highest BCUT2D eigenvalue weighted by molar-refractivity contribution is 14.0. The Kier molecular flexibility index (Phi) is 9.93. The number of nitrogens with one attached hydrogen (secondary N) is 3. The van der Waals surface area contributed by atoms with Crippen LogP contribution < -0.4 is 16.0 Å². The highest BCUT2D eigenvalue weighted by atomic mass is 127. The third kappa shape index (κ3) is 8.17. The van der Waals surface area contributed by atoms with E-state index in [4.69, 9.17) is 9.73 Å². The lowest BCUT2D eigenvalue weighted by atomic mass is 10.1. The average Bonchev–Trinajstić information content (AvgIpc) is 3.11. The van der Waals surface area contributed by atoms with Crippen LogP contribution in [0.25, 0.3) is 0 Å². The van der Waals surface area contributed by atoms with Gasteiger partial charge in [-0.05, 0) is 53.0 Å².